The largest absolute Gasteiger partial charge is 0.0850 e. The second-order valence-corrected chi connectivity index (χ2v) is 7.34. The molecule has 21 heavy (non-hydrogen) atoms. The number of aryl methyl sites for hydroxylation is 1. The molecule has 110 valence electrons. The van der Waals surface area contributed by atoms with Crippen molar-refractivity contribution in [3.8, 4) is 0 Å². The van der Waals surface area contributed by atoms with Crippen molar-refractivity contribution in [1.82, 2.24) is 0 Å². The van der Waals surface area contributed by atoms with E-state index in [1.807, 2.05) is 0 Å². The van der Waals surface area contributed by atoms with E-state index in [-0.39, 0.29) is 0 Å². The molecule has 3 aliphatic rings. The first-order chi connectivity index (χ1) is 10.2. The highest BCUT2D eigenvalue weighted by molar-refractivity contribution is 5.78. The van der Waals surface area contributed by atoms with Gasteiger partial charge in [0.15, 0.2) is 0 Å². The predicted octanol–water partition coefficient (Wildman–Crippen LogP) is 5.89. The summed E-state index contributed by atoms with van der Waals surface area (Å²) in [6.07, 6.45) is 8.93. The van der Waals surface area contributed by atoms with Crippen LogP contribution in [0.2, 0.25) is 0 Å². The van der Waals surface area contributed by atoms with Gasteiger partial charge < -0.3 is 0 Å². The van der Waals surface area contributed by atoms with Crippen molar-refractivity contribution in [3.05, 3.63) is 52.1 Å². The van der Waals surface area contributed by atoms with E-state index in [1.165, 1.54) is 31.2 Å². The van der Waals surface area contributed by atoms with Crippen molar-refractivity contribution in [1.29, 1.82) is 0 Å². The fraction of sp³-hybridized carbons (Fsp3) is 0.524. The van der Waals surface area contributed by atoms with Gasteiger partial charge >= 0.3 is 0 Å². The summed E-state index contributed by atoms with van der Waals surface area (Å²) in [6, 6.07) is 7.31. The third-order valence-corrected chi connectivity index (χ3v) is 6.03. The van der Waals surface area contributed by atoms with E-state index in [0.29, 0.717) is 0 Å². The molecule has 3 aliphatic carbocycles. The van der Waals surface area contributed by atoms with Gasteiger partial charge in [0.05, 0.1) is 0 Å². The van der Waals surface area contributed by atoms with Crippen molar-refractivity contribution in [2.75, 3.05) is 0 Å². The minimum absolute atomic E-state index is 0.765. The summed E-state index contributed by atoms with van der Waals surface area (Å²) >= 11 is 0. The topological polar surface area (TPSA) is 0 Å². The maximum absolute atomic E-state index is 2.51. The van der Waals surface area contributed by atoms with Crippen LogP contribution < -0.4 is 0 Å². The van der Waals surface area contributed by atoms with Crippen LogP contribution in [0.5, 0.6) is 0 Å². The molecule has 1 aromatic rings. The summed E-state index contributed by atoms with van der Waals surface area (Å²) in [5.74, 6) is 2.48. The minimum Gasteiger partial charge on any atom is -0.0850 e. The van der Waals surface area contributed by atoms with Gasteiger partial charge in [-0.25, -0.2) is 0 Å². The Morgan fingerprint density at radius 1 is 1.14 bits per heavy atom. The van der Waals surface area contributed by atoms with E-state index in [9.17, 15) is 0 Å². The first-order valence-electron chi connectivity index (χ1n) is 8.68. The van der Waals surface area contributed by atoms with Crippen LogP contribution in [0.1, 0.15) is 69.1 Å². The lowest BCUT2D eigenvalue weighted by Gasteiger charge is -2.30. The molecule has 1 saturated carbocycles. The molecule has 1 aromatic carbocycles. The average molecular weight is 278 g/mol. The molecular formula is C21H26. The highest BCUT2D eigenvalue weighted by Crippen LogP contribution is 2.60. The lowest BCUT2D eigenvalue weighted by molar-refractivity contribution is 0.575. The Balaban J connectivity index is 1.78. The van der Waals surface area contributed by atoms with Crippen molar-refractivity contribution >= 4 is 5.57 Å². The zero-order chi connectivity index (χ0) is 14.6. The molecule has 0 bridgehead atoms. The van der Waals surface area contributed by atoms with Crippen LogP contribution in [-0.4, -0.2) is 0 Å². The second kappa shape index (κ2) is 4.87. The maximum atomic E-state index is 2.51. The molecule has 4 rings (SSSR count). The Morgan fingerprint density at radius 2 is 2.00 bits per heavy atom. The van der Waals surface area contributed by atoms with Gasteiger partial charge in [0, 0.05) is 0 Å². The molecule has 0 amide bonds. The standard InChI is InChI=1S/C21H26/c1-4-15-7-10-17-19(11-15)20-12-18(20)14(3)21(17)16-8-5-13(2)6-9-16/h5,7,10-11,16,18,20H,4,6,8-9,12H2,1-3H3. The summed E-state index contributed by atoms with van der Waals surface area (Å²) in [5.41, 5.74) is 9.81. The zero-order valence-corrected chi connectivity index (χ0v) is 13.6. The highest BCUT2D eigenvalue weighted by Gasteiger charge is 2.46. The Labute approximate surface area is 129 Å². The normalized spacial score (nSPS) is 30.6. The van der Waals surface area contributed by atoms with E-state index in [1.54, 1.807) is 27.8 Å². The molecule has 0 aliphatic heterocycles. The molecule has 0 heterocycles. The molecule has 0 N–H and O–H groups in total. The molecular weight excluding hydrogens is 252 g/mol. The molecule has 3 unspecified atom stereocenters. The summed E-state index contributed by atoms with van der Waals surface area (Å²) in [6.45, 7) is 6.98. The third kappa shape index (κ3) is 2.11. The Morgan fingerprint density at radius 3 is 2.71 bits per heavy atom. The fourth-order valence-corrected chi connectivity index (χ4v) is 4.58. The Bertz CT molecular complexity index is 644. The highest BCUT2D eigenvalue weighted by atomic mass is 14.5. The third-order valence-electron chi connectivity index (χ3n) is 6.03. The summed E-state index contributed by atoms with van der Waals surface area (Å²) < 4.78 is 0. The van der Waals surface area contributed by atoms with Crippen LogP contribution in [0.3, 0.4) is 0 Å². The van der Waals surface area contributed by atoms with E-state index in [0.717, 1.165) is 24.2 Å². The monoisotopic (exact) mass is 278 g/mol. The summed E-state index contributed by atoms with van der Waals surface area (Å²) in [5, 5.41) is 0. The van der Waals surface area contributed by atoms with Crippen LogP contribution in [0, 0.1) is 11.8 Å². The number of hydrogen-bond acceptors (Lipinski definition) is 0. The predicted molar refractivity (Wildman–Crippen MR) is 90.4 cm³/mol. The molecule has 1 fully saturated rings. The molecule has 0 aromatic heterocycles. The fourth-order valence-electron chi connectivity index (χ4n) is 4.58. The molecule has 0 spiro atoms. The van der Waals surface area contributed by atoms with E-state index >= 15 is 0 Å². The Kier molecular flexibility index (Phi) is 3.10. The first-order valence-corrected chi connectivity index (χ1v) is 8.68. The SMILES string of the molecule is CCc1ccc2c(c1)C1CC1C(C)=C2C1CC=C(C)CC1. The van der Waals surface area contributed by atoms with Gasteiger partial charge in [0.2, 0.25) is 0 Å². The van der Waals surface area contributed by atoms with Gasteiger partial charge in [-0.3, -0.25) is 0 Å². The van der Waals surface area contributed by atoms with Gasteiger partial charge in [-0.05, 0) is 86.0 Å². The number of allylic oxidation sites excluding steroid dienone is 4. The quantitative estimate of drug-likeness (QED) is 0.592. The number of benzene rings is 1. The number of hydrogen-bond donors (Lipinski definition) is 0. The first kappa shape index (κ1) is 13.4. The molecule has 0 heteroatoms. The van der Waals surface area contributed by atoms with Crippen LogP contribution in [0.4, 0.5) is 0 Å². The average Bonchev–Trinajstić information content (AvgIpc) is 3.30. The second-order valence-electron chi connectivity index (χ2n) is 7.34. The Hall–Kier alpha value is -1.30. The van der Waals surface area contributed by atoms with E-state index in [4.69, 9.17) is 0 Å². The molecule has 0 radical (unpaired) electrons. The van der Waals surface area contributed by atoms with Crippen LogP contribution in [-0.2, 0) is 6.42 Å². The minimum atomic E-state index is 0.765. The lowest BCUT2D eigenvalue weighted by atomic mass is 9.74. The van der Waals surface area contributed by atoms with Gasteiger partial charge in [0.1, 0.15) is 0 Å². The van der Waals surface area contributed by atoms with Crippen LogP contribution in [0.15, 0.2) is 35.4 Å². The van der Waals surface area contributed by atoms with Crippen molar-refractivity contribution in [3.63, 3.8) is 0 Å². The summed E-state index contributed by atoms with van der Waals surface area (Å²) in [4.78, 5) is 0. The van der Waals surface area contributed by atoms with Gasteiger partial charge in [-0.2, -0.15) is 0 Å². The van der Waals surface area contributed by atoms with Crippen molar-refractivity contribution in [2.45, 2.75) is 58.8 Å². The van der Waals surface area contributed by atoms with Crippen molar-refractivity contribution in [2.24, 2.45) is 11.8 Å². The van der Waals surface area contributed by atoms with Crippen molar-refractivity contribution < 1.29 is 0 Å². The van der Waals surface area contributed by atoms with Gasteiger partial charge in [-0.1, -0.05) is 42.3 Å². The van der Waals surface area contributed by atoms with E-state index < -0.39 is 0 Å². The molecule has 3 atom stereocenters. The van der Waals surface area contributed by atoms with Gasteiger partial charge in [0.25, 0.3) is 0 Å². The maximum Gasteiger partial charge on any atom is -0.00839 e. The number of fused-ring (bicyclic) bond motifs is 3. The zero-order valence-electron chi connectivity index (χ0n) is 13.6. The van der Waals surface area contributed by atoms with Gasteiger partial charge in [-0.15, -0.1) is 0 Å². The molecule has 0 nitrogen and oxygen atoms in total. The number of rotatable bonds is 2. The lowest BCUT2D eigenvalue weighted by Crippen LogP contribution is -2.14. The molecule has 0 saturated heterocycles. The van der Waals surface area contributed by atoms with E-state index in [2.05, 4.69) is 45.0 Å². The van der Waals surface area contributed by atoms with Crippen LogP contribution >= 0.6 is 0 Å². The smallest absolute Gasteiger partial charge is 0.00839 e. The van der Waals surface area contributed by atoms with Crippen LogP contribution in [0.25, 0.3) is 5.57 Å². The summed E-state index contributed by atoms with van der Waals surface area (Å²) in [7, 11) is 0.